The monoisotopic (exact) mass is 171 g/mol. The van der Waals surface area contributed by atoms with Crippen LogP contribution in [0.1, 0.15) is 6.92 Å². The molecule has 0 radical (unpaired) electrons. The summed E-state index contributed by atoms with van der Waals surface area (Å²) in [5, 5.41) is 7.57. The number of aliphatic hydroxyl groups excluding tert-OH is 1. The SMILES string of the molecule is CCO.[Cl-].[Zr]. The van der Waals surface area contributed by atoms with Crippen LogP contribution in [0.25, 0.3) is 0 Å². The molecule has 0 aliphatic rings. The number of rotatable bonds is 0. The normalized spacial score (nSPS) is 3.60. The summed E-state index contributed by atoms with van der Waals surface area (Å²) in [6, 6.07) is 0. The number of halogens is 1. The molecule has 0 aromatic heterocycles. The Balaban J connectivity index is -0.0000000200. The third kappa shape index (κ3) is 39.2. The van der Waals surface area contributed by atoms with E-state index in [0.717, 1.165) is 0 Å². The van der Waals surface area contributed by atoms with Crippen molar-refractivity contribution < 1.29 is 43.7 Å². The Morgan fingerprint density at radius 1 is 1.60 bits per heavy atom. The first-order chi connectivity index (χ1) is 1.41. The Kier molecular flexibility index (Phi) is 63.4. The molecule has 0 unspecified atom stereocenters. The van der Waals surface area contributed by atoms with Gasteiger partial charge in [-0.05, 0) is 6.92 Å². The quantitative estimate of drug-likeness (QED) is 0.413. The topological polar surface area (TPSA) is 20.2 Å². The summed E-state index contributed by atoms with van der Waals surface area (Å²) in [7, 11) is 0. The zero-order chi connectivity index (χ0) is 2.71. The minimum atomic E-state index is 0. The molecule has 0 aliphatic carbocycles. The van der Waals surface area contributed by atoms with Gasteiger partial charge >= 0.3 is 0 Å². The van der Waals surface area contributed by atoms with E-state index in [0.29, 0.717) is 0 Å². The van der Waals surface area contributed by atoms with Crippen LogP contribution in [0.15, 0.2) is 0 Å². The molecule has 0 aliphatic heterocycles. The fourth-order valence-corrected chi connectivity index (χ4v) is 0. The van der Waals surface area contributed by atoms with Crippen LogP contribution in [0.5, 0.6) is 0 Å². The summed E-state index contributed by atoms with van der Waals surface area (Å²) < 4.78 is 0. The minimum Gasteiger partial charge on any atom is -1.00 e. The van der Waals surface area contributed by atoms with Gasteiger partial charge in [-0.3, -0.25) is 0 Å². The summed E-state index contributed by atoms with van der Waals surface area (Å²) in [6.45, 7) is 1.93. The van der Waals surface area contributed by atoms with Crippen LogP contribution in [-0.4, -0.2) is 11.7 Å². The molecule has 0 amide bonds. The van der Waals surface area contributed by atoms with Gasteiger partial charge in [0.05, 0.1) is 0 Å². The van der Waals surface area contributed by atoms with E-state index in [1.54, 1.807) is 6.92 Å². The Morgan fingerprint density at radius 2 is 1.60 bits per heavy atom. The molecule has 0 saturated carbocycles. The summed E-state index contributed by atoms with van der Waals surface area (Å²) >= 11 is 0. The zero-order valence-electron chi connectivity index (χ0n) is 3.03. The van der Waals surface area contributed by atoms with Crippen molar-refractivity contribution >= 4 is 0 Å². The fourth-order valence-electron chi connectivity index (χ4n) is 0. The van der Waals surface area contributed by atoms with Crippen LogP contribution in [0, 0.1) is 0 Å². The van der Waals surface area contributed by atoms with Crippen LogP contribution in [0.3, 0.4) is 0 Å². The van der Waals surface area contributed by atoms with E-state index in [4.69, 9.17) is 5.11 Å². The summed E-state index contributed by atoms with van der Waals surface area (Å²) in [6.07, 6.45) is 0. The standard InChI is InChI=1S/C2H6O.ClH.Zr/c1-2-3;;/h3H,2H2,1H3;1H;/p-1. The molecular formula is C2H6ClOZr-. The van der Waals surface area contributed by atoms with E-state index in [9.17, 15) is 0 Å². The predicted molar refractivity (Wildman–Crippen MR) is 12.8 cm³/mol. The van der Waals surface area contributed by atoms with E-state index in [1.807, 2.05) is 0 Å². The van der Waals surface area contributed by atoms with Crippen molar-refractivity contribution in [1.29, 1.82) is 0 Å². The second kappa shape index (κ2) is 19.3. The molecular weight excluding hydrogens is 167 g/mol. The third-order valence-corrected chi connectivity index (χ3v) is 0. The van der Waals surface area contributed by atoms with Crippen molar-refractivity contribution in [2.45, 2.75) is 6.92 Å². The van der Waals surface area contributed by atoms with Gasteiger partial charge in [-0.15, -0.1) is 0 Å². The maximum atomic E-state index is 7.57. The van der Waals surface area contributed by atoms with Crippen molar-refractivity contribution in [3.8, 4) is 0 Å². The van der Waals surface area contributed by atoms with Gasteiger partial charge in [-0.2, -0.15) is 0 Å². The van der Waals surface area contributed by atoms with Crippen molar-refractivity contribution in [2.75, 3.05) is 6.61 Å². The molecule has 0 spiro atoms. The van der Waals surface area contributed by atoms with Gasteiger partial charge in [0.25, 0.3) is 0 Å². The van der Waals surface area contributed by atoms with Gasteiger partial charge in [-0.25, -0.2) is 0 Å². The zero-order valence-corrected chi connectivity index (χ0v) is 6.25. The third-order valence-electron chi connectivity index (χ3n) is 0. The molecule has 0 atom stereocenters. The second-order valence-electron chi connectivity index (χ2n) is 0.316. The van der Waals surface area contributed by atoms with Gasteiger partial charge in [-0.1, -0.05) is 0 Å². The predicted octanol–water partition coefficient (Wildman–Crippen LogP) is -3.00. The number of hydrogen-bond donors (Lipinski definition) is 1. The smallest absolute Gasteiger partial charge is 0.0402 e. The van der Waals surface area contributed by atoms with Crippen molar-refractivity contribution in [3.05, 3.63) is 0 Å². The van der Waals surface area contributed by atoms with Gasteiger partial charge in [0.15, 0.2) is 0 Å². The van der Waals surface area contributed by atoms with Gasteiger partial charge in [0.1, 0.15) is 0 Å². The van der Waals surface area contributed by atoms with E-state index in [-0.39, 0.29) is 45.2 Å². The van der Waals surface area contributed by atoms with E-state index < -0.39 is 0 Å². The molecule has 0 bridgehead atoms. The van der Waals surface area contributed by atoms with Crippen LogP contribution in [0.4, 0.5) is 0 Å². The molecule has 0 fully saturated rings. The van der Waals surface area contributed by atoms with Gasteiger partial charge in [0, 0.05) is 32.8 Å². The maximum Gasteiger partial charge on any atom is 0.0402 e. The minimum absolute atomic E-state index is 0. The Morgan fingerprint density at radius 3 is 1.60 bits per heavy atom. The Hall–Kier alpha value is 1.13. The van der Waals surface area contributed by atoms with Crippen LogP contribution in [-0.2, 0) is 26.2 Å². The molecule has 32 valence electrons. The van der Waals surface area contributed by atoms with E-state index in [2.05, 4.69) is 0 Å². The summed E-state index contributed by atoms with van der Waals surface area (Å²) in [5.41, 5.74) is 0. The Bertz CT molecular complexity index is 9.61. The first-order valence-electron chi connectivity index (χ1n) is 1.02. The van der Waals surface area contributed by atoms with Crippen LogP contribution in [0.2, 0.25) is 0 Å². The molecule has 0 heterocycles. The summed E-state index contributed by atoms with van der Waals surface area (Å²) in [4.78, 5) is 0. The van der Waals surface area contributed by atoms with Gasteiger partial charge < -0.3 is 17.5 Å². The molecule has 0 saturated heterocycles. The first kappa shape index (κ1) is 16.5. The first-order valence-corrected chi connectivity index (χ1v) is 1.02. The molecule has 0 rings (SSSR count). The van der Waals surface area contributed by atoms with E-state index >= 15 is 0 Å². The fraction of sp³-hybridized carbons (Fsp3) is 1.00. The van der Waals surface area contributed by atoms with Crippen molar-refractivity contribution in [3.63, 3.8) is 0 Å². The average molecular weight is 173 g/mol. The van der Waals surface area contributed by atoms with E-state index in [1.165, 1.54) is 0 Å². The second-order valence-corrected chi connectivity index (χ2v) is 0.316. The number of aliphatic hydroxyl groups is 1. The molecule has 5 heavy (non-hydrogen) atoms. The maximum absolute atomic E-state index is 7.57. The molecule has 0 aromatic carbocycles. The van der Waals surface area contributed by atoms with Crippen LogP contribution >= 0.6 is 0 Å². The van der Waals surface area contributed by atoms with Crippen LogP contribution < -0.4 is 12.4 Å². The van der Waals surface area contributed by atoms with Crippen molar-refractivity contribution in [1.82, 2.24) is 0 Å². The molecule has 0 aromatic rings. The number of hydrogen-bond acceptors (Lipinski definition) is 1. The Labute approximate surface area is 57.3 Å². The largest absolute Gasteiger partial charge is 1.00 e. The summed E-state index contributed by atoms with van der Waals surface area (Å²) in [5.74, 6) is 0. The average Bonchev–Trinajstić information content (AvgIpc) is 0.918. The van der Waals surface area contributed by atoms with Crippen molar-refractivity contribution in [2.24, 2.45) is 0 Å². The molecule has 1 N–H and O–H groups in total. The molecule has 3 heteroatoms. The van der Waals surface area contributed by atoms with Gasteiger partial charge in [0.2, 0.25) is 0 Å². The molecule has 1 nitrogen and oxygen atoms in total.